The number of carbonyl (C=O) groups is 4. The molecule has 0 spiro atoms. The van der Waals surface area contributed by atoms with Crippen molar-refractivity contribution in [3.8, 4) is 38.8 Å². The summed E-state index contributed by atoms with van der Waals surface area (Å²) in [5, 5.41) is 16.7. The first-order chi connectivity index (χ1) is 37.0. The lowest BCUT2D eigenvalue weighted by atomic mass is 9.73. The Bertz CT molecular complexity index is 3210. The molecule has 2 fully saturated rings. The van der Waals surface area contributed by atoms with Crippen LogP contribution in [0.2, 0.25) is 0 Å². The Balaban J connectivity index is 0.706. The molecule has 3 amide bonds. The normalized spacial score (nSPS) is 16.5. The van der Waals surface area contributed by atoms with E-state index >= 15 is 0 Å². The molecule has 1 saturated heterocycles. The van der Waals surface area contributed by atoms with E-state index in [-0.39, 0.29) is 55.0 Å². The van der Waals surface area contributed by atoms with Gasteiger partial charge in [0.1, 0.15) is 23.2 Å². The number of aryl methyl sites for hydroxylation is 2. The Hall–Kier alpha value is -7.14. The highest BCUT2D eigenvalue weighted by Crippen LogP contribution is 2.40. The number of likely N-dealkylation sites (tertiary alicyclic amines) is 1. The fourth-order valence-corrected chi connectivity index (χ4v) is 11.4. The van der Waals surface area contributed by atoms with Gasteiger partial charge in [0.05, 0.1) is 33.4 Å². The monoisotopic (exact) mass is 1060 g/mol. The van der Waals surface area contributed by atoms with Crippen LogP contribution in [-0.4, -0.2) is 83.2 Å². The summed E-state index contributed by atoms with van der Waals surface area (Å²) in [4.78, 5) is 75.5. The van der Waals surface area contributed by atoms with Crippen LogP contribution in [0.3, 0.4) is 0 Å². The fraction of sp³-hybridized carbons (Fsp3) is 0.410. The number of β-amino-alcohol motifs (C(OH)–C–C–N with tert-alkyl or cyclic N) is 1. The molecule has 7 aromatic rings. The van der Waals surface area contributed by atoms with Gasteiger partial charge < -0.3 is 32.1 Å². The van der Waals surface area contributed by atoms with Crippen molar-refractivity contribution in [3.63, 3.8) is 0 Å². The number of rotatable bonds is 22. The first-order valence-electron chi connectivity index (χ1n) is 27.2. The van der Waals surface area contributed by atoms with Crippen LogP contribution in [0, 0.1) is 18.3 Å². The van der Waals surface area contributed by atoms with Crippen molar-refractivity contribution in [2.45, 2.75) is 135 Å². The first-order valence-corrected chi connectivity index (χ1v) is 28.1. The average molecular weight is 1060 g/mol. The Morgan fingerprint density at radius 3 is 2.32 bits per heavy atom. The Morgan fingerprint density at radius 1 is 0.844 bits per heavy atom. The van der Waals surface area contributed by atoms with Gasteiger partial charge in [0.2, 0.25) is 17.7 Å². The number of ketones is 1. The number of imidazole rings is 1. The number of nitrogens with two attached hydrogens (primary N) is 2. The van der Waals surface area contributed by atoms with E-state index in [2.05, 4.69) is 50.9 Å². The number of amides is 3. The molecule has 0 radical (unpaired) electrons. The summed E-state index contributed by atoms with van der Waals surface area (Å²) in [5.74, 6) is -0.171. The minimum absolute atomic E-state index is 0.00182. The number of aliphatic hydroxyl groups is 1. The number of carbonyl (C=O) groups excluding carboxylic acids is 4. The highest BCUT2D eigenvalue weighted by Gasteiger charge is 2.44. The molecular formula is C61H72N10O5S. The number of benzene rings is 3. The van der Waals surface area contributed by atoms with E-state index in [0.717, 1.165) is 100 Å². The van der Waals surface area contributed by atoms with Gasteiger partial charge in [-0.1, -0.05) is 94.6 Å². The van der Waals surface area contributed by atoms with Crippen molar-refractivity contribution in [1.29, 1.82) is 0 Å². The van der Waals surface area contributed by atoms with E-state index in [0.29, 0.717) is 55.1 Å². The summed E-state index contributed by atoms with van der Waals surface area (Å²) < 4.78 is 2.03. The van der Waals surface area contributed by atoms with Gasteiger partial charge in [0, 0.05) is 74.2 Å². The number of nitrogens with zero attached hydrogens (tertiary/aromatic N) is 6. The molecule has 1 saturated carbocycles. The van der Waals surface area contributed by atoms with E-state index in [1.54, 1.807) is 17.5 Å². The number of fused-ring (bicyclic) bond motifs is 1. The van der Waals surface area contributed by atoms with Crippen molar-refractivity contribution < 1.29 is 24.3 Å². The van der Waals surface area contributed by atoms with Crippen molar-refractivity contribution in [3.05, 3.63) is 131 Å². The number of nitrogens with one attached hydrogen (secondary N) is 2. The lowest BCUT2D eigenvalue weighted by Crippen LogP contribution is -2.50. The van der Waals surface area contributed by atoms with E-state index < -0.39 is 23.5 Å². The van der Waals surface area contributed by atoms with E-state index in [4.69, 9.17) is 21.4 Å². The van der Waals surface area contributed by atoms with Gasteiger partial charge in [-0.2, -0.15) is 0 Å². The Labute approximate surface area is 455 Å². The maximum absolute atomic E-state index is 14.1. The number of hydrogen-bond acceptors (Lipinski definition) is 12. The van der Waals surface area contributed by atoms with Gasteiger partial charge in [-0.25, -0.2) is 19.9 Å². The minimum Gasteiger partial charge on any atom is -0.391 e. The first kappa shape index (κ1) is 54.6. The Kier molecular flexibility index (Phi) is 17.1. The molecule has 2 aliphatic rings. The molecule has 5 heterocycles. The molecule has 77 heavy (non-hydrogen) atoms. The molecular weight excluding hydrogens is 985 g/mol. The van der Waals surface area contributed by atoms with Crippen LogP contribution in [0.4, 0.5) is 5.82 Å². The highest BCUT2D eigenvalue weighted by molar-refractivity contribution is 7.13. The third-order valence-electron chi connectivity index (χ3n) is 15.4. The summed E-state index contributed by atoms with van der Waals surface area (Å²) in [6.07, 6.45) is 9.73. The number of aliphatic hydroxyl groups excluding tert-OH is 1. The second-order valence-electron chi connectivity index (χ2n) is 22.1. The van der Waals surface area contributed by atoms with Gasteiger partial charge in [0.15, 0.2) is 11.5 Å². The van der Waals surface area contributed by atoms with Crippen LogP contribution in [0.15, 0.2) is 109 Å². The summed E-state index contributed by atoms with van der Waals surface area (Å²) in [6, 6.07) is 31.3. The second kappa shape index (κ2) is 24.0. The van der Waals surface area contributed by atoms with Gasteiger partial charge >= 0.3 is 0 Å². The topological polar surface area (TPSA) is 224 Å². The van der Waals surface area contributed by atoms with E-state index in [1.165, 1.54) is 4.90 Å². The van der Waals surface area contributed by atoms with Crippen LogP contribution < -0.4 is 22.1 Å². The van der Waals surface area contributed by atoms with Crippen LogP contribution in [0.25, 0.3) is 49.9 Å². The summed E-state index contributed by atoms with van der Waals surface area (Å²) in [7, 11) is 0. The molecule has 7 N–H and O–H groups in total. The zero-order valence-corrected chi connectivity index (χ0v) is 45.6. The Morgan fingerprint density at radius 2 is 1.61 bits per heavy atom. The molecule has 15 nitrogen and oxygen atoms in total. The lowest BCUT2D eigenvalue weighted by Gasteiger charge is -2.38. The zero-order valence-electron chi connectivity index (χ0n) is 44.8. The molecule has 1 aliphatic heterocycles. The lowest BCUT2D eigenvalue weighted by molar-refractivity contribution is -0.146. The number of aromatic nitrogens is 5. The average Bonchev–Trinajstić information content (AvgIpc) is 4.15. The number of hydrogen-bond donors (Lipinski definition) is 5. The number of Topliss-reactive ketones (excluding diaryl/α,β-unsaturated/α-hetero) is 1. The summed E-state index contributed by atoms with van der Waals surface area (Å²) >= 11 is 1.58. The SMILES string of the molecule is Cc1ncsc1-c1ccc(CNC(=O)[C@@H]2C[C@@H](O)CN2C(=O)[C@@H](CC(=O)CCCCCCCNC(=O)CCc2cccc(-c3ccc4nc(-c5cccnc5N)n(-c5ccc(C6(N)CCC6)cc5)c4n3)c2)C(C)(C)C)cc1. The third kappa shape index (κ3) is 13.0. The van der Waals surface area contributed by atoms with Crippen LogP contribution >= 0.6 is 11.3 Å². The van der Waals surface area contributed by atoms with Gasteiger partial charge in [0.25, 0.3) is 0 Å². The quantitative estimate of drug-likeness (QED) is 0.0402. The van der Waals surface area contributed by atoms with Crippen molar-refractivity contribution in [1.82, 2.24) is 40.0 Å². The number of nitrogen functional groups attached to an aromatic ring is 1. The van der Waals surface area contributed by atoms with E-state index in [1.807, 2.05) is 105 Å². The minimum atomic E-state index is -0.822. The maximum atomic E-state index is 14.1. The number of thiazole rings is 1. The third-order valence-corrected chi connectivity index (χ3v) is 16.4. The van der Waals surface area contributed by atoms with Gasteiger partial charge in [-0.05, 0) is 116 Å². The number of unbranched alkanes of at least 4 members (excludes halogenated alkanes) is 4. The standard InChI is InChI=1S/C61H72N10O5S/c1-39-54(77-38-67-39)42-20-17-41(18-21-42)36-66-58(75)52-35-47(73)37-70(52)59(76)49(60(2,3)4)34-46(72)15-8-6-5-7-9-31-64-53(74)28-19-40-13-10-14-43(33-40)50-26-27-51-57(68-50)71(56(69-51)48-16-11-32-65-55(48)62)45-24-22-44(23-25-45)61(63)29-12-30-61/h10-11,13-14,16-18,20-27,32-33,38,47,49,52,73H,5-9,12,15,19,28-31,34-37,63H2,1-4H3,(H2,62,65)(H,64,74)(H,66,75)/t47-,49-,52+/m1/s1. The summed E-state index contributed by atoms with van der Waals surface area (Å²) in [5.41, 5.74) is 23.9. The van der Waals surface area contributed by atoms with Gasteiger partial charge in [-0.15, -0.1) is 11.3 Å². The van der Waals surface area contributed by atoms with Crippen molar-refractivity contribution in [2.24, 2.45) is 17.1 Å². The predicted octanol–water partition coefficient (Wildman–Crippen LogP) is 9.79. The second-order valence-corrected chi connectivity index (χ2v) is 23.0. The van der Waals surface area contributed by atoms with Crippen molar-refractivity contribution in [2.75, 3.05) is 18.8 Å². The smallest absolute Gasteiger partial charge is 0.243 e. The number of anilines is 1. The molecule has 0 bridgehead atoms. The van der Waals surface area contributed by atoms with Crippen LogP contribution in [0.5, 0.6) is 0 Å². The van der Waals surface area contributed by atoms with Gasteiger partial charge in [-0.3, -0.25) is 23.7 Å². The molecule has 0 unspecified atom stereocenters. The molecule has 16 heteroatoms. The molecule has 9 rings (SSSR count). The van der Waals surface area contributed by atoms with Crippen LogP contribution in [0.1, 0.15) is 120 Å². The largest absolute Gasteiger partial charge is 0.391 e. The van der Waals surface area contributed by atoms with Crippen LogP contribution in [-0.2, 0) is 37.7 Å². The zero-order chi connectivity index (χ0) is 54.3. The predicted molar refractivity (Wildman–Crippen MR) is 304 cm³/mol. The number of pyridine rings is 2. The van der Waals surface area contributed by atoms with E-state index in [9.17, 15) is 24.3 Å². The molecule has 402 valence electrons. The maximum Gasteiger partial charge on any atom is 0.243 e. The molecule has 1 aliphatic carbocycles. The molecule has 3 aromatic carbocycles. The summed E-state index contributed by atoms with van der Waals surface area (Å²) in [6.45, 7) is 8.74. The molecule has 4 aromatic heterocycles. The fourth-order valence-electron chi connectivity index (χ4n) is 10.6. The molecule has 3 atom stereocenters. The highest BCUT2D eigenvalue weighted by atomic mass is 32.1. The van der Waals surface area contributed by atoms with Crippen molar-refractivity contribution >= 4 is 51.8 Å².